The number of anilines is 2. The van der Waals surface area contributed by atoms with Crippen LogP contribution in [0.2, 0.25) is 0 Å². The molecule has 1 saturated heterocycles. The lowest BCUT2D eigenvalue weighted by Crippen LogP contribution is -2.23. The van der Waals surface area contributed by atoms with E-state index in [9.17, 15) is 10.1 Å². The summed E-state index contributed by atoms with van der Waals surface area (Å²) >= 11 is 0. The van der Waals surface area contributed by atoms with Gasteiger partial charge in [-0.1, -0.05) is 6.92 Å². The van der Waals surface area contributed by atoms with Gasteiger partial charge < -0.3 is 15.4 Å². The number of pyridine rings is 1. The van der Waals surface area contributed by atoms with E-state index in [0.29, 0.717) is 24.1 Å². The molecular weight excluding hydrogens is 272 g/mol. The summed E-state index contributed by atoms with van der Waals surface area (Å²) in [7, 11) is 0. The first kappa shape index (κ1) is 15.5. The third-order valence-corrected chi connectivity index (χ3v) is 3.67. The Kier molecular flexibility index (Phi) is 5.32. The summed E-state index contributed by atoms with van der Waals surface area (Å²) in [6.07, 6.45) is 2.27. The molecule has 1 aliphatic heterocycles. The second-order valence-electron chi connectivity index (χ2n) is 5.13. The van der Waals surface area contributed by atoms with Gasteiger partial charge in [0.25, 0.3) is 5.69 Å². The van der Waals surface area contributed by atoms with Gasteiger partial charge in [-0.15, -0.1) is 0 Å². The van der Waals surface area contributed by atoms with Gasteiger partial charge in [0, 0.05) is 25.6 Å². The smallest absolute Gasteiger partial charge is 0.276 e. The molecule has 2 rings (SSSR count). The summed E-state index contributed by atoms with van der Waals surface area (Å²) in [5.41, 5.74) is 0.0400. The molecule has 0 saturated carbocycles. The van der Waals surface area contributed by atoms with Gasteiger partial charge in [-0.2, -0.15) is 0 Å². The molecule has 0 radical (unpaired) electrons. The summed E-state index contributed by atoms with van der Waals surface area (Å²) in [6, 6.07) is 2.92. The van der Waals surface area contributed by atoms with Crippen LogP contribution >= 0.6 is 0 Å². The molecule has 0 bridgehead atoms. The van der Waals surface area contributed by atoms with Crippen LogP contribution in [0.5, 0.6) is 0 Å². The first-order valence-electron chi connectivity index (χ1n) is 7.39. The van der Waals surface area contributed by atoms with Gasteiger partial charge in [-0.25, -0.2) is 4.98 Å². The van der Waals surface area contributed by atoms with Gasteiger partial charge in [0.05, 0.1) is 23.2 Å². The zero-order valence-electron chi connectivity index (χ0n) is 12.5. The van der Waals surface area contributed by atoms with Crippen molar-refractivity contribution < 1.29 is 9.66 Å². The lowest BCUT2D eigenvalue weighted by atomic mass is 10.00. The third-order valence-electron chi connectivity index (χ3n) is 3.67. The van der Waals surface area contributed by atoms with Gasteiger partial charge >= 0.3 is 0 Å². The number of hydrogen-bond donors (Lipinski definition) is 2. The van der Waals surface area contributed by atoms with Crippen LogP contribution in [0.3, 0.4) is 0 Å². The number of nitrogens with one attached hydrogen (secondary N) is 2. The van der Waals surface area contributed by atoms with Gasteiger partial charge in [0.1, 0.15) is 11.6 Å². The van der Waals surface area contributed by atoms with Crippen LogP contribution in [0.4, 0.5) is 17.3 Å². The Morgan fingerprint density at radius 2 is 2.10 bits per heavy atom. The van der Waals surface area contributed by atoms with E-state index in [1.165, 1.54) is 12.1 Å². The van der Waals surface area contributed by atoms with Gasteiger partial charge in [-0.3, -0.25) is 10.1 Å². The number of nitrogens with zero attached hydrogens (tertiary/aromatic N) is 2. The third kappa shape index (κ3) is 4.04. The summed E-state index contributed by atoms with van der Waals surface area (Å²) in [6.45, 7) is 6.21. The molecule has 2 N–H and O–H groups in total. The Labute approximate surface area is 124 Å². The molecule has 2 unspecified atom stereocenters. The number of ether oxygens (including phenoxy) is 1. The Hall–Kier alpha value is -1.89. The highest BCUT2D eigenvalue weighted by Crippen LogP contribution is 2.25. The van der Waals surface area contributed by atoms with Gasteiger partial charge in [0.15, 0.2) is 0 Å². The standard InChI is InChI=1S/C14H22N4O3/c1-3-12-10(5-6-21-12)9-16-14-8-11(18(19)20)7-13(17-14)15-4-2/h7-8,10,12H,3-6,9H2,1-2H3,(H2,15,16,17). The summed E-state index contributed by atoms with van der Waals surface area (Å²) < 4.78 is 5.65. The minimum Gasteiger partial charge on any atom is -0.378 e. The summed E-state index contributed by atoms with van der Waals surface area (Å²) in [5.74, 6) is 1.48. The minimum atomic E-state index is -0.402. The van der Waals surface area contributed by atoms with Crippen molar-refractivity contribution in [2.75, 3.05) is 30.3 Å². The van der Waals surface area contributed by atoms with Crippen LogP contribution in [0.25, 0.3) is 0 Å². The molecule has 7 nitrogen and oxygen atoms in total. The van der Waals surface area contributed by atoms with E-state index in [4.69, 9.17) is 4.74 Å². The van der Waals surface area contributed by atoms with Crippen LogP contribution < -0.4 is 10.6 Å². The second kappa shape index (κ2) is 7.21. The van der Waals surface area contributed by atoms with Crippen molar-refractivity contribution >= 4 is 17.3 Å². The fourth-order valence-corrected chi connectivity index (χ4v) is 2.60. The van der Waals surface area contributed by atoms with Crippen molar-refractivity contribution in [2.45, 2.75) is 32.8 Å². The fraction of sp³-hybridized carbons (Fsp3) is 0.643. The first-order chi connectivity index (χ1) is 10.1. The maximum Gasteiger partial charge on any atom is 0.276 e. The second-order valence-corrected chi connectivity index (χ2v) is 5.13. The average molecular weight is 294 g/mol. The van der Waals surface area contributed by atoms with Crippen molar-refractivity contribution in [1.29, 1.82) is 0 Å². The molecule has 0 spiro atoms. The molecule has 116 valence electrons. The van der Waals surface area contributed by atoms with Crippen LogP contribution in [-0.4, -0.2) is 35.7 Å². The Morgan fingerprint density at radius 3 is 2.71 bits per heavy atom. The van der Waals surface area contributed by atoms with Crippen molar-refractivity contribution in [2.24, 2.45) is 5.92 Å². The molecular formula is C14H22N4O3. The maximum absolute atomic E-state index is 11.0. The molecule has 0 aromatic carbocycles. The summed E-state index contributed by atoms with van der Waals surface area (Å²) in [5, 5.41) is 17.2. The predicted octanol–water partition coefficient (Wildman–Crippen LogP) is 2.65. The lowest BCUT2D eigenvalue weighted by molar-refractivity contribution is -0.384. The monoisotopic (exact) mass is 294 g/mol. The van der Waals surface area contributed by atoms with Crippen molar-refractivity contribution in [1.82, 2.24) is 4.98 Å². The summed E-state index contributed by atoms with van der Waals surface area (Å²) in [4.78, 5) is 14.9. The number of hydrogen-bond acceptors (Lipinski definition) is 6. The van der Waals surface area contributed by atoms with E-state index < -0.39 is 4.92 Å². The number of aromatic nitrogens is 1. The van der Waals surface area contributed by atoms with Crippen LogP contribution in [0, 0.1) is 16.0 Å². The molecule has 1 aliphatic rings. The van der Waals surface area contributed by atoms with E-state index in [2.05, 4.69) is 22.5 Å². The highest BCUT2D eigenvalue weighted by Gasteiger charge is 2.26. The zero-order valence-corrected chi connectivity index (χ0v) is 12.5. The highest BCUT2D eigenvalue weighted by molar-refractivity contribution is 5.54. The van der Waals surface area contributed by atoms with Crippen LogP contribution in [-0.2, 0) is 4.74 Å². The molecule has 1 fully saturated rings. The Balaban J connectivity index is 2.06. The zero-order chi connectivity index (χ0) is 15.2. The molecule has 1 aromatic rings. The number of rotatable bonds is 7. The van der Waals surface area contributed by atoms with E-state index in [1.54, 1.807) is 0 Å². The van der Waals surface area contributed by atoms with Gasteiger partial charge in [-0.05, 0) is 19.8 Å². The van der Waals surface area contributed by atoms with Crippen molar-refractivity contribution in [3.63, 3.8) is 0 Å². The lowest BCUT2D eigenvalue weighted by Gasteiger charge is -2.17. The number of nitro groups is 1. The minimum absolute atomic E-state index is 0.0400. The van der Waals surface area contributed by atoms with Crippen LogP contribution in [0.1, 0.15) is 26.7 Å². The van der Waals surface area contributed by atoms with Crippen molar-refractivity contribution in [3.8, 4) is 0 Å². The Morgan fingerprint density at radius 1 is 1.38 bits per heavy atom. The molecule has 7 heteroatoms. The van der Waals surface area contributed by atoms with Crippen molar-refractivity contribution in [3.05, 3.63) is 22.2 Å². The molecule has 1 aromatic heterocycles. The highest BCUT2D eigenvalue weighted by atomic mass is 16.6. The normalized spacial score (nSPS) is 21.2. The largest absolute Gasteiger partial charge is 0.378 e. The SMILES string of the molecule is CCNc1cc([N+](=O)[O-])cc(NCC2CCOC2CC)n1. The molecule has 21 heavy (non-hydrogen) atoms. The fourth-order valence-electron chi connectivity index (χ4n) is 2.60. The van der Waals surface area contributed by atoms with E-state index in [-0.39, 0.29) is 11.8 Å². The van der Waals surface area contributed by atoms with E-state index in [0.717, 1.165) is 26.0 Å². The first-order valence-corrected chi connectivity index (χ1v) is 7.39. The van der Waals surface area contributed by atoms with E-state index >= 15 is 0 Å². The predicted molar refractivity (Wildman–Crippen MR) is 81.7 cm³/mol. The molecule has 2 heterocycles. The quantitative estimate of drug-likeness (QED) is 0.593. The maximum atomic E-state index is 11.0. The average Bonchev–Trinajstić information content (AvgIpc) is 2.92. The Bertz CT molecular complexity index is 495. The van der Waals surface area contributed by atoms with Crippen LogP contribution in [0.15, 0.2) is 12.1 Å². The van der Waals surface area contributed by atoms with E-state index in [1.807, 2.05) is 6.92 Å². The molecule has 0 amide bonds. The van der Waals surface area contributed by atoms with Gasteiger partial charge in [0.2, 0.25) is 0 Å². The topological polar surface area (TPSA) is 89.3 Å². The molecule has 0 aliphatic carbocycles. The molecule has 2 atom stereocenters.